The zero-order chi connectivity index (χ0) is 38.0. The number of urea groups is 1. The molecule has 10 nitrogen and oxygen atoms in total. The van der Waals surface area contributed by atoms with Gasteiger partial charge in [-0.3, -0.25) is 0 Å². The van der Waals surface area contributed by atoms with E-state index in [1.807, 2.05) is 127 Å². The van der Waals surface area contributed by atoms with Gasteiger partial charge in [-0.05, 0) is 28.8 Å². The van der Waals surface area contributed by atoms with E-state index < -0.39 is 24.3 Å². The Balaban J connectivity index is 1.09. The van der Waals surface area contributed by atoms with Gasteiger partial charge in [0.15, 0.2) is 12.1 Å². The molecular formula is C44H41N3O7S. The number of hydrogen-bond acceptors (Lipinski definition) is 9. The van der Waals surface area contributed by atoms with E-state index in [0.717, 1.165) is 33.5 Å². The van der Waals surface area contributed by atoms with Gasteiger partial charge in [-0.1, -0.05) is 139 Å². The highest BCUT2D eigenvalue weighted by atomic mass is 32.2. The zero-order valence-electron chi connectivity index (χ0n) is 30.2. The number of ether oxygens (including phenoxy) is 3. The molecule has 4 atom stereocenters. The van der Waals surface area contributed by atoms with Crippen LogP contribution in [0.5, 0.6) is 0 Å². The van der Waals surface area contributed by atoms with Crippen molar-refractivity contribution in [3.8, 4) is 22.6 Å². The molecule has 7 rings (SSSR count). The number of aromatic nitrogens is 1. The summed E-state index contributed by atoms with van der Waals surface area (Å²) in [6.07, 6.45) is -0.509. The molecule has 0 bridgehead atoms. The number of aliphatic hydroxyl groups excluding tert-OH is 1. The molecule has 0 saturated carbocycles. The Morgan fingerprint density at radius 1 is 0.818 bits per heavy atom. The third-order valence-electron chi connectivity index (χ3n) is 9.19. The molecule has 11 heteroatoms. The van der Waals surface area contributed by atoms with E-state index in [1.165, 1.54) is 18.9 Å². The lowest BCUT2D eigenvalue weighted by atomic mass is 10.0. The van der Waals surface area contributed by atoms with E-state index in [4.69, 9.17) is 23.6 Å². The van der Waals surface area contributed by atoms with Crippen molar-refractivity contribution in [2.24, 2.45) is 0 Å². The Bertz CT molecular complexity index is 2110. The van der Waals surface area contributed by atoms with Gasteiger partial charge in [0.25, 0.3) is 5.22 Å². The van der Waals surface area contributed by atoms with Gasteiger partial charge in [-0.25, -0.2) is 14.6 Å². The third-order valence-corrected chi connectivity index (χ3v) is 10.1. The topological polar surface area (TPSA) is 132 Å². The Hall–Kier alpha value is -5.72. The Kier molecular flexibility index (Phi) is 12.4. The second kappa shape index (κ2) is 18.1. The molecule has 5 aromatic carbocycles. The van der Waals surface area contributed by atoms with Crippen LogP contribution >= 0.6 is 11.8 Å². The summed E-state index contributed by atoms with van der Waals surface area (Å²) in [4.78, 5) is 30.6. The smallest absolute Gasteiger partial charge is 0.328 e. The quantitative estimate of drug-likeness (QED) is 0.0782. The monoisotopic (exact) mass is 755 g/mol. The zero-order valence-corrected chi connectivity index (χ0v) is 31.0. The number of anilines is 1. The van der Waals surface area contributed by atoms with E-state index in [-0.39, 0.29) is 25.2 Å². The molecular weight excluding hydrogens is 715 g/mol. The fourth-order valence-electron chi connectivity index (χ4n) is 6.40. The van der Waals surface area contributed by atoms with Gasteiger partial charge in [0.1, 0.15) is 11.7 Å². The minimum atomic E-state index is -0.881. The summed E-state index contributed by atoms with van der Waals surface area (Å²) in [6, 6.07) is 42.8. The number of aliphatic hydroxyl groups is 1. The lowest BCUT2D eigenvalue weighted by Crippen LogP contribution is -2.45. The molecule has 1 saturated heterocycles. The van der Waals surface area contributed by atoms with Crippen molar-refractivity contribution in [3.05, 3.63) is 162 Å². The molecule has 4 unspecified atom stereocenters. The molecule has 0 spiro atoms. The minimum Gasteiger partial charge on any atom is -0.467 e. The van der Waals surface area contributed by atoms with Crippen LogP contribution in [0.15, 0.2) is 149 Å². The summed E-state index contributed by atoms with van der Waals surface area (Å²) in [5.74, 6) is 0.689. The molecule has 280 valence electrons. The minimum absolute atomic E-state index is 0.0527. The van der Waals surface area contributed by atoms with E-state index in [0.29, 0.717) is 34.4 Å². The van der Waals surface area contributed by atoms with Crippen LogP contribution in [-0.2, 0) is 32.0 Å². The number of carbonyl (C=O) groups excluding carboxylic acids is 2. The van der Waals surface area contributed by atoms with E-state index in [1.54, 1.807) is 12.1 Å². The predicted molar refractivity (Wildman–Crippen MR) is 211 cm³/mol. The van der Waals surface area contributed by atoms with Crippen molar-refractivity contribution in [3.63, 3.8) is 0 Å². The second-order valence-corrected chi connectivity index (χ2v) is 14.0. The molecule has 2 heterocycles. The highest BCUT2D eigenvalue weighted by Crippen LogP contribution is 2.41. The molecule has 2 amide bonds. The average Bonchev–Trinajstić information content (AvgIpc) is 3.68. The van der Waals surface area contributed by atoms with E-state index in [9.17, 15) is 14.7 Å². The number of methoxy groups -OCH3 is 1. The van der Waals surface area contributed by atoms with Crippen LogP contribution in [0.4, 0.5) is 10.5 Å². The number of hydrogen-bond donors (Lipinski definition) is 3. The third kappa shape index (κ3) is 9.69. The van der Waals surface area contributed by atoms with Crippen molar-refractivity contribution in [1.82, 2.24) is 10.3 Å². The summed E-state index contributed by atoms with van der Waals surface area (Å²) in [7, 11) is 1.29. The van der Waals surface area contributed by atoms with Gasteiger partial charge < -0.3 is 34.4 Å². The second-order valence-electron chi connectivity index (χ2n) is 13.0. The van der Waals surface area contributed by atoms with Gasteiger partial charge in [0.05, 0.1) is 25.9 Å². The highest BCUT2D eigenvalue weighted by Gasteiger charge is 2.33. The van der Waals surface area contributed by atoms with Crippen molar-refractivity contribution in [2.75, 3.05) is 18.2 Å². The van der Waals surface area contributed by atoms with Crippen LogP contribution in [0, 0.1) is 0 Å². The average molecular weight is 756 g/mol. The summed E-state index contributed by atoms with van der Waals surface area (Å²) in [6.45, 7) is -0.0527. The molecule has 1 aromatic heterocycles. The van der Waals surface area contributed by atoms with Gasteiger partial charge >= 0.3 is 12.0 Å². The maximum absolute atomic E-state index is 13.2. The highest BCUT2D eigenvalue weighted by molar-refractivity contribution is 7.99. The van der Waals surface area contributed by atoms with Crippen molar-refractivity contribution >= 4 is 29.4 Å². The number of rotatable bonds is 13. The molecule has 1 aliphatic rings. The fourth-order valence-corrected chi connectivity index (χ4v) is 7.24. The first-order chi connectivity index (χ1) is 26.9. The summed E-state index contributed by atoms with van der Waals surface area (Å²) in [5, 5.41) is 15.8. The van der Waals surface area contributed by atoms with Gasteiger partial charge in [-0.15, -0.1) is 0 Å². The van der Waals surface area contributed by atoms with Crippen LogP contribution in [-0.4, -0.2) is 47.1 Å². The molecule has 1 aliphatic heterocycles. The molecule has 0 radical (unpaired) electrons. The summed E-state index contributed by atoms with van der Waals surface area (Å²) in [5.41, 5.74) is 6.51. The number of oxazole rings is 1. The first-order valence-corrected chi connectivity index (χ1v) is 19.0. The first kappa shape index (κ1) is 37.6. The Morgan fingerprint density at radius 2 is 1.51 bits per heavy atom. The number of nitrogens with zero attached hydrogens (tertiary/aromatic N) is 1. The SMILES string of the molecule is COC(=O)C(Cc1ccccc1)NC(=O)Nc1cccc(C2OC(CSc3nc(-c4ccccc4)c(-c4ccccc4)o3)CC(c3ccc(CO)cc3)O2)c1. The molecule has 0 aliphatic carbocycles. The number of benzene rings is 5. The Labute approximate surface area is 323 Å². The number of carbonyl (C=O) groups is 2. The Morgan fingerprint density at radius 3 is 2.20 bits per heavy atom. The number of nitrogens with one attached hydrogen (secondary N) is 2. The van der Waals surface area contributed by atoms with Crippen LogP contribution in [0.3, 0.4) is 0 Å². The number of esters is 1. The van der Waals surface area contributed by atoms with Crippen LogP contribution in [0.25, 0.3) is 22.6 Å². The van der Waals surface area contributed by atoms with Gasteiger partial charge in [0, 0.05) is 41.0 Å². The number of thioether (sulfide) groups is 1. The van der Waals surface area contributed by atoms with Crippen LogP contribution in [0.1, 0.15) is 41.1 Å². The van der Waals surface area contributed by atoms with Gasteiger partial charge in [0.2, 0.25) is 0 Å². The normalized spacial score (nSPS) is 17.2. The van der Waals surface area contributed by atoms with Crippen LogP contribution in [0.2, 0.25) is 0 Å². The standard InChI is InChI=1S/C44H41N3O7S/c1-51-41(49)37(24-29-12-5-2-6-13-29)46-43(50)45-35-19-11-18-34(25-35)42-52-36(26-38(53-42)31-22-20-30(27-48)21-23-31)28-55-44-47-39(32-14-7-3-8-15-32)40(54-44)33-16-9-4-10-17-33/h2-23,25,36-38,42,48H,24,26-28H2,1H3,(H2,45,46,50). The lowest BCUT2D eigenvalue weighted by molar-refractivity contribution is -0.245. The van der Waals surface area contributed by atoms with E-state index in [2.05, 4.69) is 10.6 Å². The molecule has 55 heavy (non-hydrogen) atoms. The van der Waals surface area contributed by atoms with E-state index >= 15 is 0 Å². The number of amides is 2. The fraction of sp³-hybridized carbons (Fsp3) is 0.205. The summed E-state index contributed by atoms with van der Waals surface area (Å²) < 4.78 is 24.5. The predicted octanol–water partition coefficient (Wildman–Crippen LogP) is 8.74. The molecule has 6 aromatic rings. The lowest BCUT2D eigenvalue weighted by Gasteiger charge is -2.36. The first-order valence-electron chi connectivity index (χ1n) is 18.0. The maximum Gasteiger partial charge on any atom is 0.328 e. The van der Waals surface area contributed by atoms with Gasteiger partial charge in [-0.2, -0.15) is 0 Å². The van der Waals surface area contributed by atoms with Crippen molar-refractivity contribution in [1.29, 1.82) is 0 Å². The summed E-state index contributed by atoms with van der Waals surface area (Å²) >= 11 is 1.48. The van der Waals surface area contributed by atoms with Crippen molar-refractivity contribution in [2.45, 2.75) is 49.2 Å². The largest absolute Gasteiger partial charge is 0.467 e. The maximum atomic E-state index is 13.2. The molecule has 1 fully saturated rings. The van der Waals surface area contributed by atoms with Crippen molar-refractivity contribution < 1.29 is 33.3 Å². The molecule has 3 N–H and O–H groups in total. The van der Waals surface area contributed by atoms with Crippen LogP contribution < -0.4 is 10.6 Å².